The Morgan fingerprint density at radius 1 is 0.921 bits per heavy atom. The summed E-state index contributed by atoms with van der Waals surface area (Å²) in [6.45, 7) is 3.37. The lowest BCUT2D eigenvalue weighted by Crippen LogP contribution is -2.71. The van der Waals surface area contributed by atoms with Crippen LogP contribution in [0.3, 0.4) is 0 Å². The SMILES string of the molecule is COc1ccc(C(=O)N[C@@H]2C(=O)N3[C@@H]2[S@@](=O)C(C)(C)[C@@H]3C(=O)OC(c2ccccc2)c2ccccc2)cc1. The largest absolute Gasteiger partial charge is 0.497 e. The monoisotopic (exact) mass is 532 g/mol. The van der Waals surface area contributed by atoms with E-state index in [1.165, 1.54) is 12.0 Å². The molecule has 2 saturated heterocycles. The Balaban J connectivity index is 1.37. The van der Waals surface area contributed by atoms with Gasteiger partial charge in [-0.25, -0.2) is 4.79 Å². The summed E-state index contributed by atoms with van der Waals surface area (Å²) in [7, 11) is -0.110. The van der Waals surface area contributed by atoms with E-state index in [1.807, 2.05) is 60.7 Å². The Hall–Kier alpha value is -3.98. The first-order chi connectivity index (χ1) is 18.2. The maximum Gasteiger partial charge on any atom is 0.331 e. The Morgan fingerprint density at radius 2 is 1.47 bits per heavy atom. The average Bonchev–Trinajstić information content (AvgIpc) is 3.13. The van der Waals surface area contributed by atoms with Crippen LogP contribution in [-0.2, 0) is 25.1 Å². The van der Waals surface area contributed by atoms with Gasteiger partial charge in [-0.2, -0.15) is 0 Å². The summed E-state index contributed by atoms with van der Waals surface area (Å²) in [5.74, 6) is -0.984. The quantitative estimate of drug-likeness (QED) is 0.370. The molecule has 2 aliphatic heterocycles. The van der Waals surface area contributed by atoms with Crippen molar-refractivity contribution < 1.29 is 28.1 Å². The summed E-state index contributed by atoms with van der Waals surface area (Å²) in [5, 5.41) is 1.87. The van der Waals surface area contributed by atoms with E-state index in [1.54, 1.807) is 38.1 Å². The van der Waals surface area contributed by atoms with Gasteiger partial charge in [0.1, 0.15) is 23.2 Å². The lowest BCUT2D eigenvalue weighted by Gasteiger charge is -2.43. The number of rotatable bonds is 7. The first kappa shape index (κ1) is 25.7. The van der Waals surface area contributed by atoms with Gasteiger partial charge in [-0.3, -0.25) is 13.8 Å². The van der Waals surface area contributed by atoms with E-state index in [2.05, 4.69) is 5.32 Å². The zero-order valence-corrected chi connectivity index (χ0v) is 22.0. The first-order valence-corrected chi connectivity index (χ1v) is 13.4. The van der Waals surface area contributed by atoms with Crippen molar-refractivity contribution in [1.29, 1.82) is 0 Å². The predicted octanol–water partition coefficient (Wildman–Crippen LogP) is 3.20. The zero-order chi connectivity index (χ0) is 27.0. The number of carbonyl (C=O) groups excluding carboxylic acids is 3. The molecule has 0 radical (unpaired) electrons. The van der Waals surface area contributed by atoms with E-state index >= 15 is 0 Å². The molecule has 2 fully saturated rings. The molecular formula is C29H28N2O6S. The maximum atomic E-state index is 13.7. The summed E-state index contributed by atoms with van der Waals surface area (Å²) in [5.41, 5.74) is 1.89. The number of esters is 1. The number of amides is 2. The van der Waals surface area contributed by atoms with E-state index in [0.717, 1.165) is 11.1 Å². The van der Waals surface area contributed by atoms with Crippen molar-refractivity contribution in [2.45, 2.75) is 42.2 Å². The van der Waals surface area contributed by atoms with E-state index in [-0.39, 0.29) is 0 Å². The van der Waals surface area contributed by atoms with Gasteiger partial charge in [0.15, 0.2) is 6.10 Å². The van der Waals surface area contributed by atoms with Crippen molar-refractivity contribution in [3.8, 4) is 5.75 Å². The van der Waals surface area contributed by atoms with Gasteiger partial charge in [0.05, 0.1) is 22.7 Å². The molecule has 0 bridgehead atoms. The molecule has 38 heavy (non-hydrogen) atoms. The fraction of sp³-hybridized carbons (Fsp3) is 0.276. The Labute approximate surface area is 223 Å². The van der Waals surface area contributed by atoms with Gasteiger partial charge in [0.25, 0.3) is 5.91 Å². The van der Waals surface area contributed by atoms with E-state index in [9.17, 15) is 18.6 Å². The second-order valence-electron chi connectivity index (χ2n) is 9.76. The van der Waals surface area contributed by atoms with Crippen LogP contribution in [0.2, 0.25) is 0 Å². The molecule has 2 aliphatic rings. The van der Waals surface area contributed by atoms with Crippen molar-refractivity contribution in [1.82, 2.24) is 10.2 Å². The smallest absolute Gasteiger partial charge is 0.331 e. The van der Waals surface area contributed by atoms with Gasteiger partial charge in [0.2, 0.25) is 5.91 Å². The van der Waals surface area contributed by atoms with Gasteiger partial charge in [-0.15, -0.1) is 0 Å². The molecule has 4 atom stereocenters. The Kier molecular flexibility index (Phi) is 6.79. The average molecular weight is 533 g/mol. The predicted molar refractivity (Wildman–Crippen MR) is 142 cm³/mol. The normalized spacial score (nSPS) is 23.4. The summed E-state index contributed by atoms with van der Waals surface area (Å²) in [4.78, 5) is 41.0. The molecule has 0 spiro atoms. The molecule has 9 heteroatoms. The zero-order valence-electron chi connectivity index (χ0n) is 21.2. The van der Waals surface area contributed by atoms with Crippen LogP contribution in [0.25, 0.3) is 0 Å². The highest BCUT2D eigenvalue weighted by molar-refractivity contribution is 7.87. The molecule has 0 saturated carbocycles. The fourth-order valence-corrected chi connectivity index (χ4v) is 6.92. The molecule has 2 amide bonds. The second kappa shape index (κ2) is 10.1. The van der Waals surface area contributed by atoms with Crippen LogP contribution in [0.15, 0.2) is 84.9 Å². The highest BCUT2D eigenvalue weighted by atomic mass is 32.2. The summed E-state index contributed by atoms with van der Waals surface area (Å²) < 4.78 is 23.6. The topological polar surface area (TPSA) is 102 Å². The van der Waals surface area contributed by atoms with E-state index in [0.29, 0.717) is 11.3 Å². The van der Waals surface area contributed by atoms with E-state index in [4.69, 9.17) is 9.47 Å². The third-order valence-electron chi connectivity index (χ3n) is 7.06. The van der Waals surface area contributed by atoms with Crippen molar-refractivity contribution in [3.05, 3.63) is 102 Å². The van der Waals surface area contributed by atoms with Crippen LogP contribution < -0.4 is 10.1 Å². The van der Waals surface area contributed by atoms with Crippen molar-refractivity contribution in [2.24, 2.45) is 0 Å². The van der Waals surface area contributed by atoms with Crippen LogP contribution in [0.5, 0.6) is 5.75 Å². The molecule has 2 heterocycles. The van der Waals surface area contributed by atoms with E-state index < -0.39 is 56.9 Å². The van der Waals surface area contributed by atoms with Gasteiger partial charge in [-0.1, -0.05) is 60.7 Å². The summed E-state index contributed by atoms with van der Waals surface area (Å²) in [6.07, 6.45) is -0.699. The molecule has 0 aliphatic carbocycles. The fourth-order valence-electron chi connectivity index (χ4n) is 5.01. The number of fused-ring (bicyclic) bond motifs is 1. The number of nitrogens with one attached hydrogen (secondary N) is 1. The first-order valence-electron chi connectivity index (χ1n) is 12.2. The minimum atomic E-state index is -1.63. The Bertz CT molecular complexity index is 1340. The molecule has 1 N–H and O–H groups in total. The number of methoxy groups -OCH3 is 1. The third-order valence-corrected chi connectivity index (χ3v) is 9.25. The number of β-lactam (4-membered cyclic amide) rings is 1. The van der Waals surface area contributed by atoms with Crippen LogP contribution >= 0.6 is 0 Å². The molecule has 3 aromatic carbocycles. The molecule has 0 unspecified atom stereocenters. The van der Waals surface area contributed by atoms with Gasteiger partial charge in [-0.05, 0) is 49.2 Å². The van der Waals surface area contributed by atoms with Gasteiger partial charge in [0, 0.05) is 5.56 Å². The van der Waals surface area contributed by atoms with Crippen molar-refractivity contribution in [3.63, 3.8) is 0 Å². The van der Waals surface area contributed by atoms with Gasteiger partial charge >= 0.3 is 5.97 Å². The third kappa shape index (κ3) is 4.36. The van der Waals surface area contributed by atoms with Crippen molar-refractivity contribution in [2.75, 3.05) is 7.11 Å². The maximum absolute atomic E-state index is 13.7. The molecule has 0 aromatic heterocycles. The molecular weight excluding hydrogens is 504 g/mol. The lowest BCUT2D eigenvalue weighted by atomic mass is 9.95. The minimum Gasteiger partial charge on any atom is -0.497 e. The molecule has 196 valence electrons. The second-order valence-corrected chi connectivity index (χ2v) is 11.9. The van der Waals surface area contributed by atoms with Crippen LogP contribution in [0, 0.1) is 0 Å². The molecule has 5 rings (SSSR count). The number of benzene rings is 3. The molecule has 3 aromatic rings. The number of nitrogens with zero attached hydrogens (tertiary/aromatic N) is 1. The number of ether oxygens (including phenoxy) is 2. The van der Waals surface area contributed by atoms with Crippen LogP contribution in [0.1, 0.15) is 41.4 Å². The highest BCUT2D eigenvalue weighted by Gasteiger charge is 2.68. The number of carbonyl (C=O) groups is 3. The highest BCUT2D eigenvalue weighted by Crippen LogP contribution is 2.44. The Morgan fingerprint density at radius 3 is 2.00 bits per heavy atom. The van der Waals surface area contributed by atoms with Crippen LogP contribution in [-0.4, -0.2) is 56.2 Å². The molecule has 8 nitrogen and oxygen atoms in total. The number of hydrogen-bond acceptors (Lipinski definition) is 6. The summed E-state index contributed by atoms with van der Waals surface area (Å²) in [6, 6.07) is 23.0. The minimum absolute atomic E-state index is 0.338. The number of hydrogen-bond donors (Lipinski definition) is 1. The van der Waals surface area contributed by atoms with Gasteiger partial charge < -0.3 is 19.7 Å². The van der Waals surface area contributed by atoms with Crippen LogP contribution in [0.4, 0.5) is 0 Å². The van der Waals surface area contributed by atoms with Crippen molar-refractivity contribution >= 4 is 28.6 Å². The lowest BCUT2D eigenvalue weighted by molar-refractivity contribution is -0.166. The summed E-state index contributed by atoms with van der Waals surface area (Å²) >= 11 is 0. The standard InChI is InChI=1S/C29H28N2O6S/c1-29(2)24(28(34)37-23(18-10-6-4-7-11-18)19-12-8-5-9-13-19)31-26(33)22(27(31)38(29)35)30-25(32)20-14-16-21(36-3)17-15-20/h4-17,22-24,27H,1-3H3,(H,30,32)/t22-,24+,27-,38-/m1/s1.